The fourth-order valence-electron chi connectivity index (χ4n) is 6.06. The number of allylic oxidation sites excluding steroid dienone is 2. The van der Waals surface area contributed by atoms with Gasteiger partial charge in [-0.05, 0) is 38.5 Å². The number of carbonyl (C=O) groups is 2. The summed E-state index contributed by atoms with van der Waals surface area (Å²) in [6.45, 7) is 4.23. The SMILES string of the molecule is CCCCCCCC/C=C\CCCCCCCC(=O)OC[C@H](COP(=O)([O-])OCC[N+](C)(C)C)OC(=O)CCCCCCCCCCCCCCCC. The maximum Gasteiger partial charge on any atom is 0.306 e. The Bertz CT molecular complexity index is 922. The van der Waals surface area contributed by atoms with Crippen LogP contribution in [0.1, 0.15) is 200 Å². The summed E-state index contributed by atoms with van der Waals surface area (Å²) >= 11 is 0. The first-order valence-corrected chi connectivity index (χ1v) is 23.4. The number of ether oxygens (including phenoxy) is 2. The average molecular weight is 774 g/mol. The van der Waals surface area contributed by atoms with Crippen molar-refractivity contribution in [2.24, 2.45) is 0 Å². The predicted molar refractivity (Wildman–Crippen MR) is 218 cm³/mol. The quantitative estimate of drug-likeness (QED) is 0.0199. The molecule has 0 N–H and O–H groups in total. The van der Waals surface area contributed by atoms with E-state index in [-0.39, 0.29) is 32.0 Å². The zero-order valence-corrected chi connectivity index (χ0v) is 36.1. The Balaban J connectivity index is 4.35. The van der Waals surface area contributed by atoms with E-state index < -0.39 is 26.5 Å². The third-order valence-electron chi connectivity index (χ3n) is 9.54. The van der Waals surface area contributed by atoms with Crippen molar-refractivity contribution in [1.82, 2.24) is 0 Å². The summed E-state index contributed by atoms with van der Waals surface area (Å²) in [5, 5.41) is 0. The topological polar surface area (TPSA) is 111 Å². The number of phosphoric ester groups is 1. The van der Waals surface area contributed by atoms with Crippen LogP contribution in [0.25, 0.3) is 0 Å². The van der Waals surface area contributed by atoms with Crippen LogP contribution in [0, 0.1) is 0 Å². The smallest absolute Gasteiger partial charge is 0.306 e. The van der Waals surface area contributed by atoms with Crippen LogP contribution in [-0.2, 0) is 32.7 Å². The zero-order valence-electron chi connectivity index (χ0n) is 35.2. The summed E-state index contributed by atoms with van der Waals surface area (Å²) in [6.07, 6.45) is 36.6. The molecule has 10 heteroatoms. The van der Waals surface area contributed by atoms with E-state index in [9.17, 15) is 19.0 Å². The van der Waals surface area contributed by atoms with Crippen LogP contribution in [0.3, 0.4) is 0 Å². The average Bonchev–Trinajstić information content (AvgIpc) is 3.10. The molecule has 0 aromatic heterocycles. The number of nitrogens with zero attached hydrogens (tertiary/aromatic N) is 1. The minimum Gasteiger partial charge on any atom is -0.756 e. The van der Waals surface area contributed by atoms with Crippen molar-refractivity contribution < 1.29 is 42.1 Å². The summed E-state index contributed by atoms with van der Waals surface area (Å²) in [4.78, 5) is 37.5. The van der Waals surface area contributed by atoms with E-state index in [0.29, 0.717) is 17.4 Å². The van der Waals surface area contributed by atoms with Gasteiger partial charge in [-0.2, -0.15) is 0 Å². The van der Waals surface area contributed by atoms with Gasteiger partial charge in [0.25, 0.3) is 7.82 Å². The number of likely N-dealkylation sites (N-methyl/N-ethyl adjacent to an activating group) is 1. The molecule has 0 fully saturated rings. The van der Waals surface area contributed by atoms with Crippen LogP contribution in [0.4, 0.5) is 0 Å². The van der Waals surface area contributed by atoms with Gasteiger partial charge >= 0.3 is 11.9 Å². The number of phosphoric acid groups is 1. The molecule has 0 aromatic carbocycles. The van der Waals surface area contributed by atoms with Crippen LogP contribution in [-0.4, -0.2) is 70.0 Å². The Morgan fingerprint density at radius 3 is 1.40 bits per heavy atom. The lowest BCUT2D eigenvalue weighted by molar-refractivity contribution is -0.870. The molecular weight excluding hydrogens is 689 g/mol. The van der Waals surface area contributed by atoms with Gasteiger partial charge in [0.1, 0.15) is 19.8 Å². The first-order chi connectivity index (χ1) is 25.5. The molecule has 0 rings (SSSR count). The standard InChI is InChI=1S/C43H84NO8P/c1-6-8-10-12-14-16-18-20-22-24-25-27-29-31-33-35-42(45)49-39-41(40-51-53(47,48)50-38-37-44(3,4)5)52-43(46)36-34-32-30-28-26-23-21-19-17-15-13-11-9-7-2/h20,22,41H,6-19,21,23-40H2,1-5H3/b22-20-/t41-/m1/s1. The van der Waals surface area contributed by atoms with Gasteiger partial charge in [0.2, 0.25) is 0 Å². The number of carbonyl (C=O) groups excluding carboxylic acids is 2. The first kappa shape index (κ1) is 51.8. The highest BCUT2D eigenvalue weighted by Crippen LogP contribution is 2.38. The molecule has 0 aliphatic carbocycles. The third kappa shape index (κ3) is 40.2. The number of unbranched alkanes of at least 4 members (excludes halogenated alkanes) is 24. The Labute approximate surface area is 326 Å². The van der Waals surface area contributed by atoms with Crippen LogP contribution in [0.5, 0.6) is 0 Å². The highest BCUT2D eigenvalue weighted by atomic mass is 31.2. The van der Waals surface area contributed by atoms with Crippen molar-refractivity contribution in [2.75, 3.05) is 47.5 Å². The van der Waals surface area contributed by atoms with E-state index in [1.165, 1.54) is 116 Å². The highest BCUT2D eigenvalue weighted by Gasteiger charge is 2.21. The van der Waals surface area contributed by atoms with Crippen LogP contribution in [0.2, 0.25) is 0 Å². The molecule has 0 aliphatic heterocycles. The van der Waals surface area contributed by atoms with Gasteiger partial charge in [-0.3, -0.25) is 14.2 Å². The van der Waals surface area contributed by atoms with Gasteiger partial charge in [0.05, 0.1) is 27.7 Å². The molecule has 9 nitrogen and oxygen atoms in total. The van der Waals surface area contributed by atoms with Crippen LogP contribution >= 0.6 is 7.82 Å². The Morgan fingerprint density at radius 2 is 0.962 bits per heavy atom. The Hall–Kier alpha value is -1.25. The normalized spacial score (nSPS) is 13.7. The fraction of sp³-hybridized carbons (Fsp3) is 0.907. The molecule has 0 bridgehead atoms. The molecule has 0 radical (unpaired) electrons. The van der Waals surface area contributed by atoms with Gasteiger partial charge < -0.3 is 27.9 Å². The molecule has 314 valence electrons. The molecule has 0 heterocycles. The van der Waals surface area contributed by atoms with E-state index in [1.54, 1.807) is 0 Å². The number of rotatable bonds is 40. The van der Waals surface area contributed by atoms with Gasteiger partial charge in [-0.1, -0.05) is 161 Å². The van der Waals surface area contributed by atoms with Crippen molar-refractivity contribution in [3.05, 3.63) is 12.2 Å². The molecular formula is C43H84NO8P. The third-order valence-corrected chi connectivity index (χ3v) is 10.5. The Morgan fingerprint density at radius 1 is 0.566 bits per heavy atom. The van der Waals surface area contributed by atoms with Crippen LogP contribution in [0.15, 0.2) is 12.2 Å². The monoisotopic (exact) mass is 774 g/mol. The molecule has 1 unspecified atom stereocenters. The van der Waals surface area contributed by atoms with Crippen LogP contribution < -0.4 is 4.89 Å². The van der Waals surface area contributed by atoms with E-state index in [2.05, 4.69) is 26.0 Å². The molecule has 0 aromatic rings. The van der Waals surface area contributed by atoms with E-state index in [4.69, 9.17) is 18.5 Å². The molecule has 2 atom stereocenters. The maximum absolute atomic E-state index is 12.6. The summed E-state index contributed by atoms with van der Waals surface area (Å²) in [7, 11) is 1.17. The molecule has 0 amide bonds. The summed E-state index contributed by atoms with van der Waals surface area (Å²) in [5.74, 6) is -0.835. The lowest BCUT2D eigenvalue weighted by Crippen LogP contribution is -2.37. The molecule has 0 saturated carbocycles. The molecule has 0 saturated heterocycles. The first-order valence-electron chi connectivity index (χ1n) is 21.9. The lowest BCUT2D eigenvalue weighted by atomic mass is 10.0. The maximum atomic E-state index is 12.6. The second kappa shape index (κ2) is 36.4. The molecule has 0 spiro atoms. The van der Waals surface area contributed by atoms with Gasteiger partial charge in [-0.25, -0.2) is 0 Å². The van der Waals surface area contributed by atoms with Crippen molar-refractivity contribution in [3.63, 3.8) is 0 Å². The highest BCUT2D eigenvalue weighted by molar-refractivity contribution is 7.45. The van der Waals surface area contributed by atoms with Gasteiger partial charge in [0.15, 0.2) is 6.10 Å². The summed E-state index contributed by atoms with van der Waals surface area (Å²) in [6, 6.07) is 0. The van der Waals surface area contributed by atoms with Gasteiger partial charge in [-0.15, -0.1) is 0 Å². The van der Waals surface area contributed by atoms with Gasteiger partial charge in [0, 0.05) is 12.8 Å². The number of hydrogen-bond acceptors (Lipinski definition) is 8. The molecule has 53 heavy (non-hydrogen) atoms. The summed E-state index contributed by atoms with van der Waals surface area (Å²) in [5.41, 5.74) is 0. The minimum atomic E-state index is -4.62. The zero-order chi connectivity index (χ0) is 39.3. The lowest BCUT2D eigenvalue weighted by Gasteiger charge is -2.28. The van der Waals surface area contributed by atoms with Crippen molar-refractivity contribution in [2.45, 2.75) is 206 Å². The molecule has 0 aliphatic rings. The number of esters is 2. The number of hydrogen-bond donors (Lipinski definition) is 0. The second-order valence-electron chi connectivity index (χ2n) is 16.1. The number of quaternary nitrogens is 1. The predicted octanol–water partition coefficient (Wildman–Crippen LogP) is 11.6. The fourth-order valence-corrected chi connectivity index (χ4v) is 6.79. The van der Waals surface area contributed by atoms with E-state index >= 15 is 0 Å². The van der Waals surface area contributed by atoms with Crippen molar-refractivity contribution >= 4 is 19.8 Å². The largest absolute Gasteiger partial charge is 0.756 e. The second-order valence-corrected chi connectivity index (χ2v) is 17.5. The summed E-state index contributed by atoms with van der Waals surface area (Å²) < 4.78 is 33.9. The van der Waals surface area contributed by atoms with Crippen molar-refractivity contribution in [3.8, 4) is 0 Å². The Kier molecular flexibility index (Phi) is 35.5. The van der Waals surface area contributed by atoms with E-state index in [0.717, 1.165) is 51.4 Å². The minimum absolute atomic E-state index is 0.0290. The van der Waals surface area contributed by atoms with E-state index in [1.807, 2.05) is 21.1 Å². The van der Waals surface area contributed by atoms with Crippen molar-refractivity contribution in [1.29, 1.82) is 0 Å².